The normalized spacial score (nSPS) is 17.1. The van der Waals surface area contributed by atoms with E-state index in [0.717, 1.165) is 16.3 Å². The van der Waals surface area contributed by atoms with Crippen molar-refractivity contribution in [3.63, 3.8) is 0 Å². The zero-order chi connectivity index (χ0) is 9.47. The molecule has 0 N–H and O–H groups in total. The van der Waals surface area contributed by atoms with Crippen LogP contribution in [0.15, 0.2) is 34.8 Å². The summed E-state index contributed by atoms with van der Waals surface area (Å²) in [6.07, 6.45) is 1.82. The first kappa shape index (κ1) is 8.17. The van der Waals surface area contributed by atoms with Crippen molar-refractivity contribution >= 4 is 6.08 Å². The Morgan fingerprint density at radius 2 is 2.08 bits per heavy atom. The van der Waals surface area contributed by atoms with E-state index in [1.807, 2.05) is 38.1 Å². The molecule has 2 rings (SSSR count). The van der Waals surface area contributed by atoms with Crippen LogP contribution in [0, 0.1) is 0 Å². The Labute approximate surface area is 77.4 Å². The first-order valence-corrected chi connectivity index (χ1v) is 4.34. The van der Waals surface area contributed by atoms with Crippen LogP contribution < -0.4 is 10.7 Å². The quantitative estimate of drug-likeness (QED) is 0.610. The fourth-order valence-electron chi connectivity index (χ4n) is 1.52. The van der Waals surface area contributed by atoms with E-state index >= 15 is 0 Å². The van der Waals surface area contributed by atoms with Crippen molar-refractivity contribution in [3.8, 4) is 0 Å². The van der Waals surface area contributed by atoms with Gasteiger partial charge in [-0.1, -0.05) is 24.8 Å². The van der Waals surface area contributed by atoms with Crippen LogP contribution >= 0.6 is 0 Å². The standard InChI is InChI=1S/C11H12N2/c1-4-8-6-5-7-9-10(8)13-11(2,3)12-9/h4-7H,1H2,2-3H3. The van der Waals surface area contributed by atoms with Crippen LogP contribution in [0.25, 0.3) is 6.08 Å². The molecule has 0 unspecified atom stereocenters. The van der Waals surface area contributed by atoms with Gasteiger partial charge in [-0.05, 0) is 19.9 Å². The Morgan fingerprint density at radius 1 is 1.31 bits per heavy atom. The van der Waals surface area contributed by atoms with Crippen LogP contribution in [0.4, 0.5) is 0 Å². The highest BCUT2D eigenvalue weighted by Crippen LogP contribution is 2.11. The summed E-state index contributed by atoms with van der Waals surface area (Å²) in [5.74, 6) is 0. The van der Waals surface area contributed by atoms with Crippen LogP contribution in [0.1, 0.15) is 19.4 Å². The first-order chi connectivity index (χ1) is 6.12. The van der Waals surface area contributed by atoms with E-state index in [1.165, 1.54) is 0 Å². The third kappa shape index (κ3) is 1.28. The fourth-order valence-corrected chi connectivity index (χ4v) is 1.52. The van der Waals surface area contributed by atoms with E-state index in [9.17, 15) is 0 Å². The zero-order valence-corrected chi connectivity index (χ0v) is 7.91. The molecule has 0 spiro atoms. The van der Waals surface area contributed by atoms with E-state index in [2.05, 4.69) is 16.6 Å². The largest absolute Gasteiger partial charge is 0.254 e. The van der Waals surface area contributed by atoms with Gasteiger partial charge in [0.05, 0.1) is 10.7 Å². The molecule has 1 aliphatic heterocycles. The molecule has 2 heteroatoms. The summed E-state index contributed by atoms with van der Waals surface area (Å²) in [4.78, 5) is 9.00. The zero-order valence-electron chi connectivity index (χ0n) is 7.91. The molecule has 0 aliphatic carbocycles. The number of para-hydroxylation sites is 1. The molecule has 13 heavy (non-hydrogen) atoms. The number of hydrogen-bond donors (Lipinski definition) is 0. The average molecular weight is 172 g/mol. The van der Waals surface area contributed by atoms with Gasteiger partial charge in [0.15, 0.2) is 0 Å². The Balaban J connectivity index is 2.84. The third-order valence-electron chi connectivity index (χ3n) is 2.05. The lowest BCUT2D eigenvalue weighted by atomic mass is 10.2. The molecule has 0 saturated carbocycles. The van der Waals surface area contributed by atoms with Crippen molar-refractivity contribution in [2.45, 2.75) is 19.5 Å². The molecule has 0 aromatic heterocycles. The van der Waals surface area contributed by atoms with Crippen LogP contribution in [0.2, 0.25) is 0 Å². The summed E-state index contributed by atoms with van der Waals surface area (Å²) in [5.41, 5.74) is 0.758. The van der Waals surface area contributed by atoms with E-state index < -0.39 is 0 Å². The van der Waals surface area contributed by atoms with Crippen LogP contribution in [0.5, 0.6) is 0 Å². The molecule has 1 aromatic carbocycles. The van der Waals surface area contributed by atoms with Crippen molar-refractivity contribution in [2.24, 2.45) is 9.98 Å². The predicted molar refractivity (Wildman–Crippen MR) is 52.9 cm³/mol. The molecule has 0 radical (unpaired) electrons. The van der Waals surface area contributed by atoms with Gasteiger partial charge in [0.25, 0.3) is 0 Å². The summed E-state index contributed by atoms with van der Waals surface area (Å²) in [6, 6.07) is 5.98. The summed E-state index contributed by atoms with van der Waals surface area (Å²) in [5, 5.41) is 1.95. The fraction of sp³-hybridized carbons (Fsp3) is 0.273. The molecule has 0 bridgehead atoms. The lowest BCUT2D eigenvalue weighted by Crippen LogP contribution is -2.23. The van der Waals surface area contributed by atoms with Crippen molar-refractivity contribution in [2.75, 3.05) is 0 Å². The maximum absolute atomic E-state index is 4.52. The van der Waals surface area contributed by atoms with E-state index in [-0.39, 0.29) is 5.66 Å². The minimum absolute atomic E-state index is 0.304. The number of rotatable bonds is 1. The first-order valence-electron chi connectivity index (χ1n) is 4.34. The van der Waals surface area contributed by atoms with Gasteiger partial charge in [0.1, 0.15) is 5.66 Å². The van der Waals surface area contributed by atoms with E-state index in [0.29, 0.717) is 0 Å². The maximum Gasteiger partial charge on any atom is 0.146 e. The Kier molecular flexibility index (Phi) is 1.59. The van der Waals surface area contributed by atoms with Crippen molar-refractivity contribution in [3.05, 3.63) is 41.1 Å². The molecule has 0 saturated heterocycles. The van der Waals surface area contributed by atoms with Crippen molar-refractivity contribution in [1.82, 2.24) is 0 Å². The monoisotopic (exact) mass is 172 g/mol. The van der Waals surface area contributed by atoms with E-state index in [1.54, 1.807) is 0 Å². The SMILES string of the molecule is C=Cc1cccc2c1=NC(C)(C)N=2. The molecule has 66 valence electrons. The molecule has 0 fully saturated rings. The van der Waals surface area contributed by atoms with Gasteiger partial charge < -0.3 is 0 Å². The molecule has 1 aliphatic rings. The third-order valence-corrected chi connectivity index (χ3v) is 2.05. The summed E-state index contributed by atoms with van der Waals surface area (Å²) < 4.78 is 0. The van der Waals surface area contributed by atoms with Gasteiger partial charge in [0.2, 0.25) is 0 Å². The summed E-state index contributed by atoms with van der Waals surface area (Å²) in [6.45, 7) is 7.75. The molecule has 0 amide bonds. The number of benzene rings is 1. The molecule has 0 atom stereocenters. The lowest BCUT2D eigenvalue weighted by Gasteiger charge is -2.07. The van der Waals surface area contributed by atoms with Gasteiger partial charge in [0, 0.05) is 5.56 Å². The number of fused-ring (bicyclic) bond motifs is 1. The van der Waals surface area contributed by atoms with Crippen molar-refractivity contribution in [1.29, 1.82) is 0 Å². The lowest BCUT2D eigenvalue weighted by molar-refractivity contribution is 0.549. The van der Waals surface area contributed by atoms with Gasteiger partial charge >= 0.3 is 0 Å². The second-order valence-electron chi connectivity index (χ2n) is 3.64. The van der Waals surface area contributed by atoms with Gasteiger partial charge in [-0.2, -0.15) is 0 Å². The number of nitrogens with zero attached hydrogens (tertiary/aromatic N) is 2. The Morgan fingerprint density at radius 3 is 2.77 bits per heavy atom. The topological polar surface area (TPSA) is 24.7 Å². The Hall–Kier alpha value is -1.44. The summed E-state index contributed by atoms with van der Waals surface area (Å²) in [7, 11) is 0. The predicted octanol–water partition coefficient (Wildman–Crippen LogP) is 1.32. The summed E-state index contributed by atoms with van der Waals surface area (Å²) >= 11 is 0. The highest BCUT2D eigenvalue weighted by Gasteiger charge is 2.18. The van der Waals surface area contributed by atoms with Crippen molar-refractivity contribution < 1.29 is 0 Å². The molecule has 1 heterocycles. The highest BCUT2D eigenvalue weighted by molar-refractivity contribution is 5.46. The molecule has 1 aromatic rings. The van der Waals surface area contributed by atoms with Crippen LogP contribution in [-0.2, 0) is 0 Å². The molecule has 2 nitrogen and oxygen atoms in total. The molecular formula is C11H12N2. The van der Waals surface area contributed by atoms with Crippen LogP contribution in [0.3, 0.4) is 0 Å². The smallest absolute Gasteiger partial charge is 0.146 e. The van der Waals surface area contributed by atoms with E-state index in [4.69, 9.17) is 0 Å². The minimum Gasteiger partial charge on any atom is -0.254 e. The average Bonchev–Trinajstić information content (AvgIpc) is 2.37. The second-order valence-corrected chi connectivity index (χ2v) is 3.64. The molecular weight excluding hydrogens is 160 g/mol. The van der Waals surface area contributed by atoms with Gasteiger partial charge in [-0.25, -0.2) is 0 Å². The second kappa shape index (κ2) is 2.52. The van der Waals surface area contributed by atoms with Gasteiger partial charge in [-0.3, -0.25) is 9.98 Å². The highest BCUT2D eigenvalue weighted by atomic mass is 15.1. The van der Waals surface area contributed by atoms with Crippen LogP contribution in [-0.4, -0.2) is 5.66 Å². The maximum atomic E-state index is 4.52. The minimum atomic E-state index is -0.304. The Bertz CT molecular complexity index is 469. The number of hydrogen-bond acceptors (Lipinski definition) is 2. The van der Waals surface area contributed by atoms with Gasteiger partial charge in [-0.15, -0.1) is 0 Å².